The Hall–Kier alpha value is -0.350. The monoisotopic (exact) mass is 287 g/mol. The maximum absolute atomic E-state index is 5.90. The van der Waals surface area contributed by atoms with Gasteiger partial charge in [-0.05, 0) is 47.7 Å². The fourth-order valence-electron chi connectivity index (χ4n) is 2.14. The lowest BCUT2D eigenvalue weighted by molar-refractivity contribution is 0.295. The van der Waals surface area contributed by atoms with Gasteiger partial charge < -0.3 is 5.73 Å². The van der Waals surface area contributed by atoms with Gasteiger partial charge in [0.05, 0.1) is 15.9 Å². The van der Waals surface area contributed by atoms with Gasteiger partial charge in [-0.2, -0.15) is 5.10 Å². The van der Waals surface area contributed by atoms with Crippen molar-refractivity contribution in [2.45, 2.75) is 40.0 Å². The first kappa shape index (κ1) is 13.7. The van der Waals surface area contributed by atoms with Crippen LogP contribution < -0.4 is 5.73 Å². The zero-order chi connectivity index (χ0) is 12.3. The van der Waals surface area contributed by atoms with Gasteiger partial charge in [0.2, 0.25) is 0 Å². The van der Waals surface area contributed by atoms with Crippen LogP contribution in [0.25, 0.3) is 0 Å². The summed E-state index contributed by atoms with van der Waals surface area (Å²) >= 11 is 3.61. The minimum atomic E-state index is 0.178. The smallest absolute Gasteiger partial charge is 0.0738 e. The Morgan fingerprint density at radius 2 is 2.12 bits per heavy atom. The lowest BCUT2D eigenvalue weighted by atomic mass is 9.81. The van der Waals surface area contributed by atoms with Gasteiger partial charge in [0.1, 0.15) is 0 Å². The van der Waals surface area contributed by atoms with E-state index >= 15 is 0 Å². The molecule has 0 radical (unpaired) electrons. The normalized spacial score (nSPS) is 15.1. The minimum Gasteiger partial charge on any atom is -0.330 e. The first-order valence-electron chi connectivity index (χ1n) is 5.81. The van der Waals surface area contributed by atoms with E-state index in [1.807, 2.05) is 18.7 Å². The lowest BCUT2D eigenvalue weighted by Gasteiger charge is -2.27. The van der Waals surface area contributed by atoms with Crippen LogP contribution in [0.3, 0.4) is 0 Å². The SMILES string of the molecule is CCCC(C)(CN)Cc1c(Br)c(C)nn1C. The number of hydrogen-bond acceptors (Lipinski definition) is 2. The Bertz CT molecular complexity index is 359. The summed E-state index contributed by atoms with van der Waals surface area (Å²) < 4.78 is 3.09. The average Bonchev–Trinajstić information content (AvgIpc) is 2.46. The van der Waals surface area contributed by atoms with Crippen LogP contribution in [0.15, 0.2) is 4.47 Å². The van der Waals surface area contributed by atoms with Crippen molar-refractivity contribution in [3.8, 4) is 0 Å². The Labute approximate surface area is 107 Å². The highest BCUT2D eigenvalue weighted by atomic mass is 79.9. The van der Waals surface area contributed by atoms with Crippen LogP contribution in [-0.2, 0) is 13.5 Å². The Morgan fingerprint density at radius 3 is 2.50 bits per heavy atom. The minimum absolute atomic E-state index is 0.178. The molecule has 2 N–H and O–H groups in total. The van der Waals surface area contributed by atoms with Crippen molar-refractivity contribution in [2.24, 2.45) is 18.2 Å². The second-order valence-electron chi connectivity index (χ2n) is 4.91. The molecule has 0 aliphatic heterocycles. The van der Waals surface area contributed by atoms with E-state index in [4.69, 9.17) is 5.73 Å². The molecule has 4 heteroatoms. The molecule has 3 nitrogen and oxygen atoms in total. The van der Waals surface area contributed by atoms with Gasteiger partial charge in [-0.1, -0.05) is 20.3 Å². The average molecular weight is 288 g/mol. The van der Waals surface area contributed by atoms with Gasteiger partial charge in [0, 0.05) is 7.05 Å². The molecule has 0 aliphatic carbocycles. The van der Waals surface area contributed by atoms with Gasteiger partial charge >= 0.3 is 0 Å². The molecule has 0 saturated heterocycles. The first-order chi connectivity index (χ1) is 7.43. The van der Waals surface area contributed by atoms with Gasteiger partial charge in [-0.3, -0.25) is 4.68 Å². The summed E-state index contributed by atoms with van der Waals surface area (Å²) in [4.78, 5) is 0. The fraction of sp³-hybridized carbons (Fsp3) is 0.750. The summed E-state index contributed by atoms with van der Waals surface area (Å²) in [5.41, 5.74) is 8.38. The molecule has 16 heavy (non-hydrogen) atoms. The third-order valence-electron chi connectivity index (χ3n) is 3.20. The molecule has 1 unspecified atom stereocenters. The third kappa shape index (κ3) is 2.86. The summed E-state index contributed by atoms with van der Waals surface area (Å²) in [6.07, 6.45) is 3.30. The molecule has 0 fully saturated rings. The Balaban J connectivity index is 2.93. The van der Waals surface area contributed by atoms with Crippen LogP contribution in [0.2, 0.25) is 0 Å². The van der Waals surface area contributed by atoms with Crippen molar-refractivity contribution in [2.75, 3.05) is 6.54 Å². The van der Waals surface area contributed by atoms with Crippen LogP contribution in [0.4, 0.5) is 0 Å². The van der Waals surface area contributed by atoms with E-state index in [0.29, 0.717) is 0 Å². The predicted molar refractivity (Wildman–Crippen MR) is 71.4 cm³/mol. The highest BCUT2D eigenvalue weighted by Crippen LogP contribution is 2.31. The highest BCUT2D eigenvalue weighted by molar-refractivity contribution is 9.10. The van der Waals surface area contributed by atoms with E-state index in [1.165, 1.54) is 12.1 Å². The van der Waals surface area contributed by atoms with Crippen molar-refractivity contribution in [3.05, 3.63) is 15.9 Å². The summed E-state index contributed by atoms with van der Waals surface area (Å²) in [7, 11) is 2.00. The molecular formula is C12H22BrN3. The molecule has 1 atom stereocenters. The molecule has 0 amide bonds. The number of hydrogen-bond donors (Lipinski definition) is 1. The topological polar surface area (TPSA) is 43.8 Å². The summed E-state index contributed by atoms with van der Waals surface area (Å²) in [5.74, 6) is 0. The van der Waals surface area contributed by atoms with Gasteiger partial charge in [-0.25, -0.2) is 0 Å². The van der Waals surface area contributed by atoms with Gasteiger partial charge in [0.15, 0.2) is 0 Å². The predicted octanol–water partition coefficient (Wildman–Crippen LogP) is 2.80. The second kappa shape index (κ2) is 5.32. The highest BCUT2D eigenvalue weighted by Gasteiger charge is 2.25. The van der Waals surface area contributed by atoms with Crippen LogP contribution in [0.1, 0.15) is 38.1 Å². The standard InChI is InChI=1S/C12H22BrN3/c1-5-6-12(3,8-14)7-10-11(13)9(2)15-16(10)4/h5-8,14H2,1-4H3. The van der Waals surface area contributed by atoms with Crippen molar-refractivity contribution >= 4 is 15.9 Å². The maximum Gasteiger partial charge on any atom is 0.0738 e. The zero-order valence-electron chi connectivity index (χ0n) is 10.7. The summed E-state index contributed by atoms with van der Waals surface area (Å²) in [6, 6.07) is 0. The van der Waals surface area contributed by atoms with Crippen LogP contribution in [0, 0.1) is 12.3 Å². The van der Waals surface area contributed by atoms with E-state index in [0.717, 1.165) is 29.6 Å². The molecule has 1 aromatic rings. The molecule has 1 heterocycles. The molecule has 1 aromatic heterocycles. The third-order valence-corrected chi connectivity index (χ3v) is 4.23. The van der Waals surface area contributed by atoms with Crippen LogP contribution in [0.5, 0.6) is 0 Å². The molecular weight excluding hydrogens is 266 g/mol. The van der Waals surface area contributed by atoms with Crippen molar-refractivity contribution in [3.63, 3.8) is 0 Å². The number of aromatic nitrogens is 2. The quantitative estimate of drug-likeness (QED) is 0.905. The summed E-state index contributed by atoms with van der Waals surface area (Å²) in [5, 5.41) is 4.42. The van der Waals surface area contributed by atoms with Crippen molar-refractivity contribution in [1.29, 1.82) is 0 Å². The van der Waals surface area contributed by atoms with E-state index in [-0.39, 0.29) is 5.41 Å². The zero-order valence-corrected chi connectivity index (χ0v) is 12.3. The lowest BCUT2D eigenvalue weighted by Crippen LogP contribution is -2.30. The van der Waals surface area contributed by atoms with Gasteiger partial charge in [-0.15, -0.1) is 0 Å². The second-order valence-corrected chi connectivity index (χ2v) is 5.70. The van der Waals surface area contributed by atoms with Crippen LogP contribution >= 0.6 is 15.9 Å². The van der Waals surface area contributed by atoms with E-state index < -0.39 is 0 Å². The molecule has 0 bridgehead atoms. The van der Waals surface area contributed by atoms with Crippen LogP contribution in [-0.4, -0.2) is 16.3 Å². The van der Waals surface area contributed by atoms with E-state index in [1.54, 1.807) is 0 Å². The number of nitrogens with two attached hydrogens (primary N) is 1. The van der Waals surface area contributed by atoms with Crippen molar-refractivity contribution < 1.29 is 0 Å². The molecule has 0 spiro atoms. The maximum atomic E-state index is 5.90. The largest absolute Gasteiger partial charge is 0.330 e. The number of nitrogens with zero attached hydrogens (tertiary/aromatic N) is 2. The number of halogens is 1. The molecule has 0 aromatic carbocycles. The first-order valence-corrected chi connectivity index (χ1v) is 6.61. The molecule has 1 rings (SSSR count). The number of aryl methyl sites for hydroxylation is 2. The molecule has 0 aliphatic rings. The van der Waals surface area contributed by atoms with Crippen molar-refractivity contribution in [1.82, 2.24) is 9.78 Å². The fourth-order valence-corrected chi connectivity index (χ4v) is 2.62. The van der Waals surface area contributed by atoms with E-state index in [9.17, 15) is 0 Å². The molecule has 92 valence electrons. The Morgan fingerprint density at radius 1 is 1.50 bits per heavy atom. The van der Waals surface area contributed by atoms with E-state index in [2.05, 4.69) is 34.9 Å². The van der Waals surface area contributed by atoms with Gasteiger partial charge in [0.25, 0.3) is 0 Å². The number of rotatable bonds is 5. The molecule has 0 saturated carbocycles. The summed E-state index contributed by atoms with van der Waals surface area (Å²) in [6.45, 7) is 7.20. The Kier molecular flexibility index (Phi) is 4.56.